The quantitative estimate of drug-likeness (QED) is 0.782. The van der Waals surface area contributed by atoms with Crippen LogP contribution in [0.2, 0.25) is 10.0 Å². The SMILES string of the molecule is Cc1ccc(Cl)cc1Nc1c(Cl)c(C)nc2ncnn12. The maximum Gasteiger partial charge on any atom is 0.254 e. The minimum Gasteiger partial charge on any atom is -0.339 e. The molecule has 0 amide bonds. The van der Waals surface area contributed by atoms with Gasteiger partial charge in [-0.25, -0.2) is 4.98 Å². The van der Waals surface area contributed by atoms with Gasteiger partial charge in [0.2, 0.25) is 0 Å². The number of nitrogens with one attached hydrogen (secondary N) is 1. The molecule has 0 atom stereocenters. The summed E-state index contributed by atoms with van der Waals surface area (Å²) in [6.45, 7) is 3.81. The van der Waals surface area contributed by atoms with Gasteiger partial charge in [-0.05, 0) is 31.5 Å². The second kappa shape index (κ2) is 4.92. The van der Waals surface area contributed by atoms with E-state index in [-0.39, 0.29) is 0 Å². The van der Waals surface area contributed by atoms with Gasteiger partial charge in [-0.2, -0.15) is 14.6 Å². The van der Waals surface area contributed by atoms with Gasteiger partial charge in [0.25, 0.3) is 5.78 Å². The van der Waals surface area contributed by atoms with Gasteiger partial charge in [-0.3, -0.25) is 0 Å². The third kappa shape index (κ3) is 2.19. The molecular formula is C13H11Cl2N5. The molecule has 1 aromatic carbocycles. The largest absolute Gasteiger partial charge is 0.339 e. The van der Waals surface area contributed by atoms with E-state index < -0.39 is 0 Å². The van der Waals surface area contributed by atoms with Gasteiger partial charge in [-0.1, -0.05) is 29.3 Å². The van der Waals surface area contributed by atoms with Crippen molar-refractivity contribution in [1.82, 2.24) is 19.6 Å². The molecule has 5 nitrogen and oxygen atoms in total. The predicted molar refractivity (Wildman–Crippen MR) is 80.0 cm³/mol. The molecule has 2 aromatic heterocycles. The summed E-state index contributed by atoms with van der Waals surface area (Å²) in [5, 5.41) is 8.54. The molecule has 0 unspecified atom stereocenters. The number of aromatic nitrogens is 4. The first-order valence-corrected chi connectivity index (χ1v) is 6.71. The lowest BCUT2D eigenvalue weighted by molar-refractivity contribution is 0.937. The molecule has 0 aliphatic rings. The van der Waals surface area contributed by atoms with Crippen LogP contribution in [0, 0.1) is 13.8 Å². The lowest BCUT2D eigenvalue weighted by Crippen LogP contribution is -2.05. The van der Waals surface area contributed by atoms with Crippen LogP contribution in [0.1, 0.15) is 11.3 Å². The molecule has 0 bridgehead atoms. The van der Waals surface area contributed by atoms with Gasteiger partial charge < -0.3 is 5.32 Å². The van der Waals surface area contributed by atoms with Crippen LogP contribution in [0.15, 0.2) is 24.5 Å². The molecule has 0 radical (unpaired) electrons. The summed E-state index contributed by atoms with van der Waals surface area (Å²) in [5.41, 5.74) is 2.60. The monoisotopic (exact) mass is 307 g/mol. The van der Waals surface area contributed by atoms with E-state index >= 15 is 0 Å². The molecule has 0 fully saturated rings. The lowest BCUT2D eigenvalue weighted by atomic mass is 10.2. The van der Waals surface area contributed by atoms with Crippen LogP contribution in [0.4, 0.5) is 11.5 Å². The number of nitrogens with zero attached hydrogens (tertiary/aromatic N) is 4. The fraction of sp³-hybridized carbons (Fsp3) is 0.154. The van der Waals surface area contributed by atoms with Crippen LogP contribution in [0.5, 0.6) is 0 Å². The third-order valence-electron chi connectivity index (χ3n) is 2.99. The zero-order chi connectivity index (χ0) is 14.3. The van der Waals surface area contributed by atoms with Crippen LogP contribution in [-0.4, -0.2) is 19.6 Å². The van der Waals surface area contributed by atoms with E-state index in [9.17, 15) is 0 Å². The number of anilines is 2. The number of halogens is 2. The Labute approximate surface area is 125 Å². The fourth-order valence-corrected chi connectivity index (χ4v) is 2.24. The van der Waals surface area contributed by atoms with Crippen molar-refractivity contribution in [3.05, 3.63) is 45.8 Å². The van der Waals surface area contributed by atoms with E-state index in [1.165, 1.54) is 6.33 Å². The normalized spacial score (nSPS) is 11.0. The Hall–Kier alpha value is -1.85. The Balaban J connectivity index is 2.17. The molecule has 0 aliphatic carbocycles. The van der Waals surface area contributed by atoms with Crippen molar-refractivity contribution in [2.75, 3.05) is 5.32 Å². The Morgan fingerprint density at radius 2 is 2.00 bits per heavy atom. The number of hydrogen-bond donors (Lipinski definition) is 1. The van der Waals surface area contributed by atoms with Gasteiger partial charge in [0.1, 0.15) is 11.3 Å². The average molecular weight is 308 g/mol. The zero-order valence-corrected chi connectivity index (χ0v) is 12.4. The molecular weight excluding hydrogens is 297 g/mol. The van der Waals surface area contributed by atoms with Crippen molar-refractivity contribution in [3.8, 4) is 0 Å². The fourth-order valence-electron chi connectivity index (χ4n) is 1.90. The average Bonchev–Trinajstić information content (AvgIpc) is 2.86. The molecule has 7 heteroatoms. The van der Waals surface area contributed by atoms with Gasteiger partial charge in [-0.15, -0.1) is 0 Å². The van der Waals surface area contributed by atoms with Gasteiger partial charge in [0, 0.05) is 10.7 Å². The maximum atomic E-state index is 6.32. The standard InChI is InChI=1S/C13H11Cl2N5/c1-7-3-4-9(14)5-10(7)19-12-11(15)8(2)18-13-16-6-17-20(12)13/h3-6,19H,1-2H3. The minimum absolute atomic E-state index is 0.495. The first-order chi connectivity index (χ1) is 9.56. The van der Waals surface area contributed by atoms with E-state index in [1.54, 1.807) is 4.52 Å². The molecule has 3 aromatic rings. The molecule has 102 valence electrons. The molecule has 0 aliphatic heterocycles. The Kier molecular flexibility index (Phi) is 3.23. The number of fused-ring (bicyclic) bond motifs is 1. The Morgan fingerprint density at radius 3 is 2.80 bits per heavy atom. The zero-order valence-electron chi connectivity index (χ0n) is 10.9. The molecule has 20 heavy (non-hydrogen) atoms. The first-order valence-electron chi connectivity index (χ1n) is 5.95. The minimum atomic E-state index is 0.495. The van der Waals surface area contributed by atoms with Crippen molar-refractivity contribution < 1.29 is 0 Å². The highest BCUT2D eigenvalue weighted by Crippen LogP contribution is 2.30. The smallest absolute Gasteiger partial charge is 0.254 e. The summed E-state index contributed by atoms with van der Waals surface area (Å²) in [5.74, 6) is 1.12. The molecule has 3 rings (SSSR count). The van der Waals surface area contributed by atoms with Crippen LogP contribution < -0.4 is 5.32 Å². The highest BCUT2D eigenvalue weighted by Gasteiger charge is 2.13. The number of hydrogen-bond acceptors (Lipinski definition) is 4. The Bertz CT molecular complexity index is 797. The predicted octanol–water partition coefficient (Wildman–Crippen LogP) is 3.79. The van der Waals surface area contributed by atoms with Gasteiger partial charge in [0.15, 0.2) is 5.82 Å². The van der Waals surface area contributed by atoms with Crippen molar-refractivity contribution in [1.29, 1.82) is 0 Å². The summed E-state index contributed by atoms with van der Waals surface area (Å²) in [4.78, 5) is 8.35. The van der Waals surface area contributed by atoms with Gasteiger partial charge in [0.05, 0.1) is 5.69 Å². The third-order valence-corrected chi connectivity index (χ3v) is 3.68. The van der Waals surface area contributed by atoms with E-state index in [1.807, 2.05) is 32.0 Å². The van der Waals surface area contributed by atoms with Crippen LogP contribution in [0.3, 0.4) is 0 Å². The molecule has 0 spiro atoms. The summed E-state index contributed by atoms with van der Waals surface area (Å²) in [6.07, 6.45) is 1.44. The van der Waals surface area contributed by atoms with Crippen molar-refractivity contribution in [2.24, 2.45) is 0 Å². The highest BCUT2D eigenvalue weighted by molar-refractivity contribution is 6.33. The first kappa shape index (κ1) is 13.1. The summed E-state index contributed by atoms with van der Waals surface area (Å²) >= 11 is 12.4. The number of aryl methyl sites for hydroxylation is 2. The summed E-state index contributed by atoms with van der Waals surface area (Å²) in [6, 6.07) is 5.61. The van der Waals surface area contributed by atoms with Crippen molar-refractivity contribution in [2.45, 2.75) is 13.8 Å². The van der Waals surface area contributed by atoms with Crippen LogP contribution in [0.25, 0.3) is 5.78 Å². The van der Waals surface area contributed by atoms with Crippen LogP contribution >= 0.6 is 23.2 Å². The van der Waals surface area contributed by atoms with E-state index in [2.05, 4.69) is 20.4 Å². The van der Waals surface area contributed by atoms with Crippen molar-refractivity contribution in [3.63, 3.8) is 0 Å². The lowest BCUT2D eigenvalue weighted by Gasteiger charge is -2.13. The Morgan fingerprint density at radius 1 is 1.20 bits per heavy atom. The number of benzene rings is 1. The van der Waals surface area contributed by atoms with Crippen molar-refractivity contribution >= 4 is 40.5 Å². The van der Waals surface area contributed by atoms with E-state index in [4.69, 9.17) is 23.2 Å². The molecule has 2 heterocycles. The van der Waals surface area contributed by atoms with Gasteiger partial charge >= 0.3 is 0 Å². The topological polar surface area (TPSA) is 55.1 Å². The van der Waals surface area contributed by atoms with E-state index in [0.717, 1.165) is 11.3 Å². The maximum absolute atomic E-state index is 6.32. The highest BCUT2D eigenvalue weighted by atomic mass is 35.5. The van der Waals surface area contributed by atoms with Crippen LogP contribution in [-0.2, 0) is 0 Å². The second-order valence-electron chi connectivity index (χ2n) is 4.42. The van der Waals surface area contributed by atoms with E-state index in [0.29, 0.717) is 27.3 Å². The summed E-state index contributed by atoms with van der Waals surface area (Å²) in [7, 11) is 0. The molecule has 0 saturated heterocycles. The number of rotatable bonds is 2. The molecule has 1 N–H and O–H groups in total. The molecule has 0 saturated carbocycles. The second-order valence-corrected chi connectivity index (χ2v) is 5.23. The summed E-state index contributed by atoms with van der Waals surface area (Å²) < 4.78 is 1.57.